The third-order valence-corrected chi connectivity index (χ3v) is 12.0. The van der Waals surface area contributed by atoms with Crippen molar-refractivity contribution in [1.82, 2.24) is 5.32 Å². The molecule has 0 radical (unpaired) electrons. The minimum Gasteiger partial charge on any atom is -0.506 e. The van der Waals surface area contributed by atoms with Crippen LogP contribution in [0.25, 0.3) is 0 Å². The summed E-state index contributed by atoms with van der Waals surface area (Å²) in [5.41, 5.74) is 2.57. The third kappa shape index (κ3) is 9.72. The number of phenolic OH excluding ortho intramolecular Hbond substituents is 1. The van der Waals surface area contributed by atoms with E-state index in [2.05, 4.69) is 57.8 Å². The van der Waals surface area contributed by atoms with Gasteiger partial charge in [-0.2, -0.15) is 0 Å². The normalized spacial score (nSPS) is 13.7. The van der Waals surface area contributed by atoms with Crippen molar-refractivity contribution in [2.24, 2.45) is 0 Å². The van der Waals surface area contributed by atoms with Crippen LogP contribution in [-0.4, -0.2) is 53.3 Å². The molecule has 0 unspecified atom stereocenters. The van der Waals surface area contributed by atoms with Crippen LogP contribution < -0.4 is 10.0 Å². The molecule has 0 aliphatic heterocycles. The second kappa shape index (κ2) is 12.2. The van der Waals surface area contributed by atoms with Crippen LogP contribution in [-0.2, 0) is 36.8 Å². The summed E-state index contributed by atoms with van der Waals surface area (Å²) in [5.74, 6) is -0.422. The number of esters is 1. The number of hydrogen-bond acceptors (Lipinski definition) is 7. The molecular weight excluding hydrogens is 520 g/mol. The highest BCUT2D eigenvalue weighted by atomic mass is 32.2. The Morgan fingerprint density at radius 2 is 1.68 bits per heavy atom. The third-order valence-electron chi connectivity index (χ3n) is 6.91. The average molecular weight is 565 g/mol. The van der Waals surface area contributed by atoms with E-state index in [9.17, 15) is 18.3 Å². The minimum absolute atomic E-state index is 0.0361. The summed E-state index contributed by atoms with van der Waals surface area (Å²) in [7, 11) is -4.40. The fourth-order valence-corrected chi connectivity index (χ4v) is 5.67. The first-order valence-electron chi connectivity index (χ1n) is 12.7. The van der Waals surface area contributed by atoms with E-state index in [1.807, 2.05) is 24.3 Å². The van der Waals surface area contributed by atoms with Gasteiger partial charge in [0.1, 0.15) is 5.75 Å². The van der Waals surface area contributed by atoms with Gasteiger partial charge in [0, 0.05) is 12.1 Å². The molecule has 2 aromatic rings. The van der Waals surface area contributed by atoms with Gasteiger partial charge in [0.2, 0.25) is 10.0 Å². The van der Waals surface area contributed by atoms with E-state index in [-0.39, 0.29) is 40.5 Å². The summed E-state index contributed by atoms with van der Waals surface area (Å²) in [6, 6.07) is 12.8. The van der Waals surface area contributed by atoms with E-state index in [1.54, 1.807) is 12.1 Å². The van der Waals surface area contributed by atoms with Crippen LogP contribution >= 0.6 is 0 Å². The number of anilines is 1. The molecule has 3 N–H and O–H groups in total. The second-order valence-corrected chi connectivity index (χ2v) is 18.5. The topological polar surface area (TPSA) is 114 Å². The lowest BCUT2D eigenvalue weighted by Gasteiger charge is -2.40. The summed E-state index contributed by atoms with van der Waals surface area (Å²) < 4.78 is 37.7. The first-order valence-corrected chi connectivity index (χ1v) is 17.5. The summed E-state index contributed by atoms with van der Waals surface area (Å²) in [4.78, 5) is 11.7. The number of phenols is 1. The van der Waals surface area contributed by atoms with Crippen molar-refractivity contribution in [2.45, 2.75) is 77.2 Å². The molecule has 0 saturated carbocycles. The lowest BCUT2D eigenvalue weighted by molar-refractivity contribution is -0.139. The second-order valence-electron chi connectivity index (χ2n) is 12.0. The molecule has 0 spiro atoms. The van der Waals surface area contributed by atoms with Crippen LogP contribution in [0.15, 0.2) is 42.5 Å². The first kappa shape index (κ1) is 31.8. The molecule has 2 rings (SSSR count). The van der Waals surface area contributed by atoms with Crippen LogP contribution in [0.5, 0.6) is 5.75 Å². The molecule has 212 valence electrons. The zero-order valence-corrected chi connectivity index (χ0v) is 26.0. The van der Waals surface area contributed by atoms with Gasteiger partial charge in [-0.25, -0.2) is 8.42 Å². The Morgan fingerprint density at radius 1 is 1.05 bits per heavy atom. The van der Waals surface area contributed by atoms with Gasteiger partial charge < -0.3 is 19.6 Å². The fraction of sp³-hybridized carbons (Fsp3) is 0.536. The molecule has 0 aliphatic rings. The van der Waals surface area contributed by atoms with Crippen molar-refractivity contribution in [1.29, 1.82) is 0 Å². The van der Waals surface area contributed by atoms with Gasteiger partial charge >= 0.3 is 5.97 Å². The van der Waals surface area contributed by atoms with Crippen LogP contribution in [0.3, 0.4) is 0 Å². The monoisotopic (exact) mass is 564 g/mol. The molecule has 8 nitrogen and oxygen atoms in total. The maximum absolute atomic E-state index is 11.8. The van der Waals surface area contributed by atoms with Crippen molar-refractivity contribution in [3.05, 3.63) is 59.2 Å². The van der Waals surface area contributed by atoms with Crippen molar-refractivity contribution in [2.75, 3.05) is 24.6 Å². The Hall–Kier alpha value is -2.40. The molecule has 0 aromatic heterocycles. The molecule has 38 heavy (non-hydrogen) atoms. The molecule has 0 fully saturated rings. The summed E-state index contributed by atoms with van der Waals surface area (Å²) in [6.45, 7) is 15.5. The molecule has 0 bridgehead atoms. The van der Waals surface area contributed by atoms with Crippen molar-refractivity contribution in [3.63, 3.8) is 0 Å². The maximum atomic E-state index is 11.8. The first-order chi connectivity index (χ1) is 17.3. The van der Waals surface area contributed by atoms with E-state index in [0.717, 1.165) is 22.9 Å². The lowest BCUT2D eigenvalue weighted by atomic mass is 9.93. The highest BCUT2D eigenvalue weighted by molar-refractivity contribution is 7.92. The van der Waals surface area contributed by atoms with E-state index >= 15 is 0 Å². The van der Waals surface area contributed by atoms with E-state index in [0.29, 0.717) is 13.0 Å². The van der Waals surface area contributed by atoms with Crippen molar-refractivity contribution in [3.8, 4) is 5.75 Å². The van der Waals surface area contributed by atoms with Crippen LogP contribution in [0, 0.1) is 0 Å². The Bertz CT molecular complexity index is 1220. The average Bonchev–Trinajstić information content (AvgIpc) is 2.76. The zero-order chi connectivity index (χ0) is 28.9. The number of sulfonamides is 1. The quantitative estimate of drug-likeness (QED) is 0.186. The summed E-state index contributed by atoms with van der Waals surface area (Å²) >= 11 is 0. The number of nitrogens with one attached hydrogen (secondary N) is 2. The van der Waals surface area contributed by atoms with Gasteiger partial charge in [-0.15, -0.1) is 0 Å². The number of benzene rings is 2. The van der Waals surface area contributed by atoms with Gasteiger partial charge in [-0.1, -0.05) is 51.1 Å². The predicted octanol–water partition coefficient (Wildman–Crippen LogP) is 5.15. The Labute approximate surface area is 229 Å². The Balaban J connectivity index is 2.31. The van der Waals surface area contributed by atoms with E-state index in [4.69, 9.17) is 9.16 Å². The number of rotatable bonds is 12. The minimum atomic E-state index is -3.57. The molecule has 0 aliphatic carbocycles. The molecule has 0 heterocycles. The van der Waals surface area contributed by atoms with E-state index in [1.165, 1.54) is 13.2 Å². The van der Waals surface area contributed by atoms with Gasteiger partial charge in [-0.3, -0.25) is 9.52 Å². The van der Waals surface area contributed by atoms with Gasteiger partial charge in [0.05, 0.1) is 31.6 Å². The van der Waals surface area contributed by atoms with Crippen LogP contribution in [0.1, 0.15) is 57.4 Å². The smallest absolute Gasteiger partial charge is 0.309 e. The number of methoxy groups -OCH3 is 1. The van der Waals surface area contributed by atoms with Crippen LogP contribution in [0.2, 0.25) is 18.1 Å². The standard InChI is InChI=1S/C28H44N2O6SSi/c1-27(2,3)38(8,9)36-25(22-13-14-24(31)23(17-22)30-37(7,33)34)19-29-28(4,5)18-21-12-10-11-20(15-21)16-26(32)35-6/h10-15,17,25,29-31H,16,18-19H2,1-9H3/t25-/m0/s1. The summed E-state index contributed by atoms with van der Waals surface area (Å²) in [5, 5.41) is 13.9. The van der Waals surface area contributed by atoms with E-state index < -0.39 is 18.3 Å². The van der Waals surface area contributed by atoms with Crippen LogP contribution in [0.4, 0.5) is 5.69 Å². The highest BCUT2D eigenvalue weighted by Crippen LogP contribution is 2.40. The summed E-state index contributed by atoms with van der Waals surface area (Å²) in [6.07, 6.45) is 1.62. The highest BCUT2D eigenvalue weighted by Gasteiger charge is 2.40. The van der Waals surface area contributed by atoms with Gasteiger partial charge in [0.15, 0.2) is 8.32 Å². The molecule has 2 aromatic carbocycles. The molecule has 1 atom stereocenters. The largest absolute Gasteiger partial charge is 0.506 e. The number of aromatic hydroxyl groups is 1. The zero-order valence-electron chi connectivity index (χ0n) is 24.1. The maximum Gasteiger partial charge on any atom is 0.309 e. The number of carbonyl (C=O) groups excluding carboxylic acids is 1. The molecule has 10 heteroatoms. The van der Waals surface area contributed by atoms with Crippen molar-refractivity contribution < 1.29 is 27.5 Å². The molecular formula is C28H44N2O6SSi. The number of ether oxygens (including phenoxy) is 1. The Morgan fingerprint density at radius 3 is 2.26 bits per heavy atom. The number of carbonyl (C=O) groups is 1. The van der Waals surface area contributed by atoms with Gasteiger partial charge in [0.25, 0.3) is 0 Å². The molecule has 0 amide bonds. The Kier molecular flexibility index (Phi) is 10.2. The van der Waals surface area contributed by atoms with Crippen molar-refractivity contribution >= 4 is 30.0 Å². The molecule has 0 saturated heterocycles. The SMILES string of the molecule is COC(=O)Cc1cccc(CC(C)(C)NC[C@H](O[Si](C)(C)C(C)(C)C)c2ccc(O)c(NS(C)(=O)=O)c2)c1. The predicted molar refractivity (Wildman–Crippen MR) is 156 cm³/mol. The van der Waals surface area contributed by atoms with Gasteiger partial charge in [-0.05, 0) is 67.2 Å². The fourth-order valence-electron chi connectivity index (χ4n) is 3.83. The lowest BCUT2D eigenvalue weighted by Crippen LogP contribution is -2.47. The number of hydrogen-bond donors (Lipinski definition) is 3.